The molecule has 2 nitrogen and oxygen atoms in total. The van der Waals surface area contributed by atoms with Gasteiger partial charge in [0.1, 0.15) is 0 Å². The number of alkyl halides is 3. The predicted octanol–water partition coefficient (Wildman–Crippen LogP) is 5.25. The van der Waals surface area contributed by atoms with Gasteiger partial charge >= 0.3 is 5.51 Å². The lowest BCUT2D eigenvalue weighted by Gasteiger charge is -2.09. The summed E-state index contributed by atoms with van der Waals surface area (Å²) in [5.74, 6) is -1.02. The summed E-state index contributed by atoms with van der Waals surface area (Å²) in [4.78, 5) is 0. The molecule has 0 aromatic heterocycles. The van der Waals surface area contributed by atoms with Crippen LogP contribution in [-0.2, 0) is 34.9 Å². The summed E-state index contributed by atoms with van der Waals surface area (Å²) in [6.07, 6.45) is 5.01. The normalized spacial score (nSPS) is 12.3. The second kappa shape index (κ2) is 8.71. The maximum absolute atomic E-state index is 12.4. The molecule has 0 saturated heterocycles. The maximum atomic E-state index is 12.4. The zero-order valence-corrected chi connectivity index (χ0v) is 15.5. The number of hydrogen-bond donors (Lipinski definition) is 0. The quantitative estimate of drug-likeness (QED) is 0.623. The van der Waals surface area contributed by atoms with Gasteiger partial charge in [-0.25, -0.2) is 8.42 Å². The Bertz CT molecular complexity index is 792. The van der Waals surface area contributed by atoms with E-state index in [1.165, 1.54) is 36.1 Å². The second-order valence-electron chi connectivity index (χ2n) is 6.44. The molecule has 0 radical (unpaired) electrons. The lowest BCUT2D eigenvalue weighted by molar-refractivity contribution is -0.0437. The molecule has 0 aliphatic heterocycles. The summed E-state index contributed by atoms with van der Waals surface area (Å²) in [5.41, 5.74) is -1.58. The summed E-state index contributed by atoms with van der Waals surface area (Å²) in [6, 6.07) is 14.8. The summed E-state index contributed by atoms with van der Waals surface area (Å²) in [6.45, 7) is 2.16. The molecule has 0 amide bonds. The Balaban J connectivity index is 1.91. The van der Waals surface area contributed by atoms with Crippen LogP contribution in [-0.4, -0.2) is 13.9 Å². The minimum Gasteiger partial charge on any atom is -0.219 e. The molecule has 0 unspecified atom stereocenters. The number of hydrogen-bond acceptors (Lipinski definition) is 2. The first kappa shape index (κ1) is 20.5. The van der Waals surface area contributed by atoms with Crippen molar-refractivity contribution in [2.24, 2.45) is 0 Å². The average Bonchev–Trinajstić information content (AvgIpc) is 2.59. The van der Waals surface area contributed by atoms with Gasteiger partial charge in [-0.15, -0.1) is 0 Å². The molecule has 2 aromatic rings. The van der Waals surface area contributed by atoms with Crippen molar-refractivity contribution in [1.82, 2.24) is 0 Å². The van der Waals surface area contributed by atoms with Crippen molar-refractivity contribution in [2.75, 3.05) is 0 Å². The van der Waals surface area contributed by atoms with Gasteiger partial charge < -0.3 is 0 Å². The molecular formula is C20H23F3O2S. The van der Waals surface area contributed by atoms with Crippen molar-refractivity contribution in [3.05, 3.63) is 70.8 Å². The summed E-state index contributed by atoms with van der Waals surface area (Å²) in [5, 5.41) is 0. The van der Waals surface area contributed by atoms with E-state index in [0.29, 0.717) is 0 Å². The number of halogens is 3. The van der Waals surface area contributed by atoms with Gasteiger partial charge in [-0.3, -0.25) is 0 Å². The molecule has 26 heavy (non-hydrogen) atoms. The fourth-order valence-corrected chi connectivity index (χ4v) is 3.44. The van der Waals surface area contributed by atoms with E-state index in [2.05, 4.69) is 31.2 Å². The molecule has 6 heteroatoms. The van der Waals surface area contributed by atoms with Gasteiger partial charge in [0, 0.05) is 0 Å². The van der Waals surface area contributed by atoms with E-state index in [-0.39, 0.29) is 5.56 Å². The highest BCUT2D eigenvalue weighted by atomic mass is 32.2. The van der Waals surface area contributed by atoms with Crippen LogP contribution < -0.4 is 0 Å². The first-order chi connectivity index (χ1) is 12.2. The van der Waals surface area contributed by atoms with E-state index in [1.807, 2.05) is 0 Å². The molecule has 0 aliphatic carbocycles. The highest BCUT2D eigenvalue weighted by Gasteiger charge is 2.45. The van der Waals surface area contributed by atoms with Crippen molar-refractivity contribution >= 4 is 9.84 Å². The van der Waals surface area contributed by atoms with Crippen molar-refractivity contribution in [3.8, 4) is 0 Å². The van der Waals surface area contributed by atoms with Crippen molar-refractivity contribution in [3.63, 3.8) is 0 Å². The highest BCUT2D eigenvalue weighted by Crippen LogP contribution is 2.26. The van der Waals surface area contributed by atoms with E-state index in [1.54, 1.807) is 12.1 Å². The fraction of sp³-hybridized carbons (Fsp3) is 0.400. The highest BCUT2D eigenvalue weighted by molar-refractivity contribution is 7.91. The molecule has 0 spiro atoms. The third kappa shape index (κ3) is 5.87. The van der Waals surface area contributed by atoms with Crippen LogP contribution >= 0.6 is 0 Å². The molecular weight excluding hydrogens is 361 g/mol. The number of sulfone groups is 1. The number of unbranched alkanes of at least 4 members (excludes halogenated alkanes) is 1. The maximum Gasteiger partial charge on any atom is 0.497 e. The summed E-state index contributed by atoms with van der Waals surface area (Å²) in [7, 11) is -5.13. The van der Waals surface area contributed by atoms with Crippen LogP contribution in [0, 0.1) is 0 Å². The SMILES string of the molecule is CCCCc1ccc(CCc2ccc(CS(=O)(=O)C(F)(F)F)cc2)cc1. The van der Waals surface area contributed by atoms with Crippen LogP contribution in [0.4, 0.5) is 13.2 Å². The molecule has 2 rings (SSSR count). The topological polar surface area (TPSA) is 34.1 Å². The van der Waals surface area contributed by atoms with Gasteiger partial charge in [-0.1, -0.05) is 61.9 Å². The molecule has 0 heterocycles. The molecule has 142 valence electrons. The summed E-state index contributed by atoms with van der Waals surface area (Å²) >= 11 is 0. The predicted molar refractivity (Wildman–Crippen MR) is 97.6 cm³/mol. The van der Waals surface area contributed by atoms with Crippen molar-refractivity contribution < 1.29 is 21.6 Å². The minimum absolute atomic E-state index is 0.145. The lowest BCUT2D eigenvalue weighted by atomic mass is 10.0. The van der Waals surface area contributed by atoms with Crippen molar-refractivity contribution in [1.29, 1.82) is 0 Å². The standard InChI is InChI=1S/C20H23F3O2S/c1-2-3-4-16-5-7-17(8-6-16)9-10-18-11-13-19(14-12-18)15-26(24,25)20(21,22)23/h5-8,11-14H,2-4,9-10,15H2,1H3. The van der Waals surface area contributed by atoms with Crippen LogP contribution in [0.2, 0.25) is 0 Å². The van der Waals surface area contributed by atoms with Gasteiger partial charge in [0.15, 0.2) is 0 Å². The largest absolute Gasteiger partial charge is 0.497 e. The van der Waals surface area contributed by atoms with Crippen LogP contribution in [0.25, 0.3) is 0 Å². The van der Waals surface area contributed by atoms with Gasteiger partial charge in [0.2, 0.25) is 0 Å². The molecule has 0 atom stereocenters. The van der Waals surface area contributed by atoms with E-state index >= 15 is 0 Å². The minimum atomic E-state index is -5.21. The number of rotatable bonds is 8. The van der Waals surface area contributed by atoms with Gasteiger partial charge in [-0.2, -0.15) is 13.2 Å². The van der Waals surface area contributed by atoms with Crippen LogP contribution in [0.5, 0.6) is 0 Å². The smallest absolute Gasteiger partial charge is 0.219 e. The Morgan fingerprint density at radius 3 is 1.50 bits per heavy atom. The second-order valence-corrected chi connectivity index (χ2v) is 8.42. The third-order valence-electron chi connectivity index (χ3n) is 4.28. The van der Waals surface area contributed by atoms with E-state index in [0.717, 1.165) is 24.8 Å². The number of benzene rings is 2. The molecule has 2 aromatic carbocycles. The monoisotopic (exact) mass is 384 g/mol. The average molecular weight is 384 g/mol. The van der Waals surface area contributed by atoms with E-state index in [9.17, 15) is 21.6 Å². The zero-order chi connectivity index (χ0) is 19.2. The Morgan fingerprint density at radius 2 is 1.12 bits per heavy atom. The van der Waals surface area contributed by atoms with Gasteiger partial charge in [-0.05, 0) is 47.9 Å². The molecule has 0 fully saturated rings. The van der Waals surface area contributed by atoms with E-state index in [4.69, 9.17) is 0 Å². The molecule has 0 N–H and O–H groups in total. The van der Waals surface area contributed by atoms with Crippen LogP contribution in [0.3, 0.4) is 0 Å². The van der Waals surface area contributed by atoms with Crippen molar-refractivity contribution in [2.45, 2.75) is 50.3 Å². The molecule has 0 saturated carbocycles. The fourth-order valence-electron chi connectivity index (χ4n) is 2.65. The van der Waals surface area contributed by atoms with Gasteiger partial charge in [0.25, 0.3) is 9.84 Å². The first-order valence-electron chi connectivity index (χ1n) is 8.66. The third-order valence-corrected chi connectivity index (χ3v) is 5.70. The Kier molecular flexibility index (Phi) is 6.87. The Hall–Kier alpha value is -1.82. The van der Waals surface area contributed by atoms with Gasteiger partial charge in [0.05, 0.1) is 5.75 Å². The first-order valence-corrected chi connectivity index (χ1v) is 10.3. The van der Waals surface area contributed by atoms with Crippen LogP contribution in [0.15, 0.2) is 48.5 Å². The Labute approximate surface area is 153 Å². The molecule has 0 bridgehead atoms. The molecule has 0 aliphatic rings. The lowest BCUT2D eigenvalue weighted by Crippen LogP contribution is -2.24. The van der Waals surface area contributed by atoms with Crippen LogP contribution in [0.1, 0.15) is 42.0 Å². The zero-order valence-electron chi connectivity index (χ0n) is 14.7. The number of aryl methyl sites for hydroxylation is 3. The van der Waals surface area contributed by atoms with E-state index < -0.39 is 21.1 Å². The Morgan fingerprint density at radius 1 is 0.731 bits per heavy atom. The summed E-state index contributed by atoms with van der Waals surface area (Å²) < 4.78 is 59.6.